The standard InChI is InChI=1S/C19H29NO4/c1-3-24-17-4-5-18-13(2)20(7-6-14(18)8-17)15(12-21)9-19(23)10-16(22)11-19/h4-5,8,13,15-16,21-23H,3,6-7,9-12H2,1-2H3/t13-,15?,16?,19?/m0/s1. The molecule has 1 saturated carbocycles. The molecule has 3 rings (SSSR count). The van der Waals surface area contributed by atoms with Crippen LogP contribution in [0.2, 0.25) is 0 Å². The minimum atomic E-state index is -0.828. The summed E-state index contributed by atoms with van der Waals surface area (Å²) in [6.07, 6.45) is 1.86. The van der Waals surface area contributed by atoms with Gasteiger partial charge in [-0.2, -0.15) is 0 Å². The molecule has 134 valence electrons. The highest BCUT2D eigenvalue weighted by molar-refractivity contribution is 5.39. The smallest absolute Gasteiger partial charge is 0.119 e. The molecule has 2 aliphatic rings. The summed E-state index contributed by atoms with van der Waals surface area (Å²) in [5, 5.41) is 29.8. The van der Waals surface area contributed by atoms with Crippen molar-refractivity contribution in [1.29, 1.82) is 0 Å². The van der Waals surface area contributed by atoms with Crippen LogP contribution in [-0.4, -0.2) is 57.7 Å². The second kappa shape index (κ2) is 7.00. The van der Waals surface area contributed by atoms with Gasteiger partial charge in [0, 0.05) is 31.5 Å². The highest BCUT2D eigenvalue weighted by atomic mass is 16.5. The van der Waals surface area contributed by atoms with Gasteiger partial charge in [-0.05, 0) is 49.9 Å². The lowest BCUT2D eigenvalue weighted by molar-refractivity contribution is -0.133. The number of hydrogen-bond acceptors (Lipinski definition) is 5. The van der Waals surface area contributed by atoms with E-state index in [2.05, 4.69) is 24.0 Å². The van der Waals surface area contributed by atoms with E-state index < -0.39 is 11.7 Å². The van der Waals surface area contributed by atoms with Gasteiger partial charge in [-0.15, -0.1) is 0 Å². The number of hydrogen-bond donors (Lipinski definition) is 3. The SMILES string of the molecule is CCOc1ccc2c(c1)CCN(C(CO)CC1(O)CC(O)C1)[C@H]2C. The third kappa shape index (κ3) is 3.45. The van der Waals surface area contributed by atoms with Crippen LogP contribution in [0.15, 0.2) is 18.2 Å². The van der Waals surface area contributed by atoms with Gasteiger partial charge in [0.1, 0.15) is 5.75 Å². The summed E-state index contributed by atoms with van der Waals surface area (Å²) in [5.74, 6) is 0.911. The highest BCUT2D eigenvalue weighted by Gasteiger charge is 2.44. The molecule has 1 fully saturated rings. The molecule has 0 radical (unpaired) electrons. The number of benzene rings is 1. The van der Waals surface area contributed by atoms with Crippen molar-refractivity contribution in [3.05, 3.63) is 29.3 Å². The molecule has 0 aromatic heterocycles. The van der Waals surface area contributed by atoms with Gasteiger partial charge in [0.05, 0.1) is 24.9 Å². The van der Waals surface area contributed by atoms with Crippen molar-refractivity contribution in [1.82, 2.24) is 4.90 Å². The zero-order valence-electron chi connectivity index (χ0n) is 14.6. The van der Waals surface area contributed by atoms with Gasteiger partial charge >= 0.3 is 0 Å². The lowest BCUT2D eigenvalue weighted by Gasteiger charge is -2.47. The second-order valence-electron chi connectivity index (χ2n) is 7.28. The summed E-state index contributed by atoms with van der Waals surface area (Å²) in [6.45, 7) is 5.68. The van der Waals surface area contributed by atoms with E-state index in [1.165, 1.54) is 11.1 Å². The van der Waals surface area contributed by atoms with Gasteiger partial charge in [-0.25, -0.2) is 0 Å². The quantitative estimate of drug-likeness (QED) is 0.737. The average Bonchev–Trinajstić information content (AvgIpc) is 2.52. The van der Waals surface area contributed by atoms with Gasteiger partial charge in [0.15, 0.2) is 0 Å². The Hall–Kier alpha value is -1.14. The molecule has 1 unspecified atom stereocenters. The fourth-order valence-electron chi connectivity index (χ4n) is 4.29. The van der Waals surface area contributed by atoms with Crippen LogP contribution in [0, 0.1) is 0 Å². The first-order valence-corrected chi connectivity index (χ1v) is 8.98. The van der Waals surface area contributed by atoms with E-state index in [0.29, 0.717) is 25.9 Å². The van der Waals surface area contributed by atoms with E-state index in [1.54, 1.807) is 0 Å². The van der Waals surface area contributed by atoms with Crippen LogP contribution < -0.4 is 4.74 Å². The zero-order chi connectivity index (χ0) is 17.3. The van der Waals surface area contributed by atoms with E-state index in [-0.39, 0.29) is 18.7 Å². The topological polar surface area (TPSA) is 73.2 Å². The van der Waals surface area contributed by atoms with Crippen LogP contribution in [0.5, 0.6) is 5.75 Å². The summed E-state index contributed by atoms with van der Waals surface area (Å²) in [5.41, 5.74) is 1.74. The molecule has 1 aliphatic heterocycles. The summed E-state index contributed by atoms with van der Waals surface area (Å²) in [4.78, 5) is 2.28. The van der Waals surface area contributed by atoms with Crippen molar-refractivity contribution in [3.8, 4) is 5.75 Å². The summed E-state index contributed by atoms with van der Waals surface area (Å²) >= 11 is 0. The lowest BCUT2D eigenvalue weighted by Crippen LogP contribution is -2.54. The van der Waals surface area contributed by atoms with Crippen molar-refractivity contribution >= 4 is 0 Å². The fourth-order valence-corrected chi connectivity index (χ4v) is 4.29. The van der Waals surface area contributed by atoms with Crippen LogP contribution >= 0.6 is 0 Å². The number of aliphatic hydroxyl groups is 3. The first kappa shape index (κ1) is 17.7. The molecule has 5 nitrogen and oxygen atoms in total. The predicted octanol–water partition coefficient (Wildman–Crippen LogP) is 1.64. The van der Waals surface area contributed by atoms with Crippen molar-refractivity contribution < 1.29 is 20.1 Å². The van der Waals surface area contributed by atoms with Crippen LogP contribution in [-0.2, 0) is 6.42 Å². The van der Waals surface area contributed by atoms with E-state index in [9.17, 15) is 15.3 Å². The Morgan fingerprint density at radius 1 is 1.38 bits per heavy atom. The molecule has 2 atom stereocenters. The van der Waals surface area contributed by atoms with Crippen LogP contribution in [0.4, 0.5) is 0 Å². The van der Waals surface area contributed by atoms with Gasteiger partial charge in [0.2, 0.25) is 0 Å². The molecule has 5 heteroatoms. The van der Waals surface area contributed by atoms with Crippen LogP contribution in [0.3, 0.4) is 0 Å². The third-order valence-electron chi connectivity index (χ3n) is 5.54. The number of fused-ring (bicyclic) bond motifs is 1. The molecule has 24 heavy (non-hydrogen) atoms. The molecule has 1 heterocycles. The molecule has 3 N–H and O–H groups in total. The van der Waals surface area contributed by atoms with Crippen LogP contribution in [0.25, 0.3) is 0 Å². The molecule has 1 aliphatic carbocycles. The Balaban J connectivity index is 1.73. The Kier molecular flexibility index (Phi) is 5.16. The Labute approximate surface area is 143 Å². The Morgan fingerprint density at radius 2 is 2.12 bits per heavy atom. The summed E-state index contributed by atoms with van der Waals surface area (Å²) in [6, 6.07) is 6.35. The first-order valence-electron chi connectivity index (χ1n) is 8.98. The van der Waals surface area contributed by atoms with Gasteiger partial charge in [-0.3, -0.25) is 4.90 Å². The normalized spacial score (nSPS) is 31.2. The minimum absolute atomic E-state index is 0.0229. The largest absolute Gasteiger partial charge is 0.494 e. The fraction of sp³-hybridized carbons (Fsp3) is 0.684. The number of nitrogens with zero attached hydrogens (tertiary/aromatic N) is 1. The molecule has 1 aromatic rings. The predicted molar refractivity (Wildman–Crippen MR) is 92.1 cm³/mol. The van der Waals surface area contributed by atoms with E-state index in [0.717, 1.165) is 18.7 Å². The van der Waals surface area contributed by atoms with Gasteiger partial charge in [0.25, 0.3) is 0 Å². The average molecular weight is 335 g/mol. The molecular formula is C19H29NO4. The number of rotatable bonds is 6. The van der Waals surface area contributed by atoms with Crippen molar-refractivity contribution in [2.24, 2.45) is 0 Å². The van der Waals surface area contributed by atoms with Crippen molar-refractivity contribution in [2.45, 2.75) is 63.3 Å². The van der Waals surface area contributed by atoms with Crippen molar-refractivity contribution in [2.75, 3.05) is 19.8 Å². The summed E-state index contributed by atoms with van der Waals surface area (Å²) < 4.78 is 5.59. The second-order valence-corrected chi connectivity index (χ2v) is 7.28. The molecule has 0 bridgehead atoms. The molecular weight excluding hydrogens is 306 g/mol. The van der Waals surface area contributed by atoms with E-state index in [4.69, 9.17) is 4.74 Å². The maximum atomic E-state index is 10.5. The number of aliphatic hydroxyl groups excluding tert-OH is 2. The first-order chi connectivity index (χ1) is 11.5. The van der Waals surface area contributed by atoms with E-state index in [1.807, 2.05) is 13.0 Å². The molecule has 1 aromatic carbocycles. The van der Waals surface area contributed by atoms with E-state index >= 15 is 0 Å². The summed E-state index contributed by atoms with van der Waals surface area (Å²) in [7, 11) is 0. The monoisotopic (exact) mass is 335 g/mol. The van der Waals surface area contributed by atoms with Gasteiger partial charge < -0.3 is 20.1 Å². The zero-order valence-corrected chi connectivity index (χ0v) is 14.6. The Bertz CT molecular complexity index is 570. The minimum Gasteiger partial charge on any atom is -0.494 e. The molecule has 0 spiro atoms. The molecule has 0 amide bonds. The highest BCUT2D eigenvalue weighted by Crippen LogP contribution is 2.40. The van der Waals surface area contributed by atoms with Crippen molar-refractivity contribution in [3.63, 3.8) is 0 Å². The molecule has 0 saturated heterocycles. The number of ether oxygens (including phenoxy) is 1. The maximum Gasteiger partial charge on any atom is 0.119 e. The Morgan fingerprint density at radius 3 is 2.75 bits per heavy atom. The van der Waals surface area contributed by atoms with Crippen LogP contribution in [0.1, 0.15) is 50.3 Å². The third-order valence-corrected chi connectivity index (χ3v) is 5.54. The van der Waals surface area contributed by atoms with Gasteiger partial charge in [-0.1, -0.05) is 6.07 Å². The lowest BCUT2D eigenvalue weighted by atomic mass is 9.73. The maximum absolute atomic E-state index is 10.5.